The number of nitriles is 1. The van der Waals surface area contributed by atoms with Crippen LogP contribution in [0.4, 0.5) is 0 Å². The first kappa shape index (κ1) is 22.8. The molecule has 2 atom stereocenters. The van der Waals surface area contributed by atoms with E-state index in [4.69, 9.17) is 33.8 Å². The Morgan fingerprint density at radius 2 is 1.56 bits per heavy atom. The molecule has 0 aliphatic carbocycles. The number of hydrogen-bond donors (Lipinski definition) is 2. The van der Waals surface area contributed by atoms with Crippen LogP contribution in [0.15, 0.2) is 30.3 Å². The maximum Gasteiger partial charge on any atom is 0.244 e. The number of hydrogen-bond acceptors (Lipinski definition) is 9. The van der Waals surface area contributed by atoms with Gasteiger partial charge in [0.2, 0.25) is 17.5 Å². The van der Waals surface area contributed by atoms with Crippen LogP contribution in [0.2, 0.25) is 0 Å². The van der Waals surface area contributed by atoms with E-state index >= 15 is 0 Å². The molecule has 2 aromatic carbocycles. The molecule has 0 bridgehead atoms. The lowest BCUT2D eigenvalue weighted by molar-refractivity contribution is 0.324. The number of nitrogens with one attached hydrogen (secondary N) is 2. The van der Waals surface area contributed by atoms with Gasteiger partial charge in [-0.25, -0.2) is 0 Å². The SMILES string of the molecule is COc1ccc(C2c3c(n[nH]c3-c3cc(OC)c(OC)c(OC)c3)OC(=N)C2C#N)cc1OC. The van der Waals surface area contributed by atoms with Crippen molar-refractivity contribution in [3.8, 4) is 52.0 Å². The van der Waals surface area contributed by atoms with E-state index in [0.29, 0.717) is 45.6 Å². The Bertz CT molecular complexity index is 1250. The molecule has 34 heavy (non-hydrogen) atoms. The zero-order valence-electron chi connectivity index (χ0n) is 19.4. The summed E-state index contributed by atoms with van der Waals surface area (Å²) in [5.41, 5.74) is 2.65. The average Bonchev–Trinajstić information content (AvgIpc) is 3.29. The molecular formula is C24H24N4O6. The minimum atomic E-state index is -0.885. The average molecular weight is 464 g/mol. The number of fused-ring (bicyclic) bond motifs is 1. The summed E-state index contributed by atoms with van der Waals surface area (Å²) in [5.74, 6) is 1.03. The number of benzene rings is 2. The molecular weight excluding hydrogens is 440 g/mol. The largest absolute Gasteiger partial charge is 0.493 e. The second-order valence-corrected chi connectivity index (χ2v) is 7.40. The quantitative estimate of drug-likeness (QED) is 0.540. The molecule has 1 aromatic heterocycles. The monoisotopic (exact) mass is 464 g/mol. The summed E-state index contributed by atoms with van der Waals surface area (Å²) in [6.07, 6.45) is 0. The van der Waals surface area contributed by atoms with Gasteiger partial charge in [-0.1, -0.05) is 6.07 Å². The molecule has 1 aliphatic heterocycles. The fourth-order valence-electron chi connectivity index (χ4n) is 4.17. The third-order valence-corrected chi connectivity index (χ3v) is 5.76. The molecule has 0 saturated heterocycles. The van der Waals surface area contributed by atoms with Crippen molar-refractivity contribution in [2.75, 3.05) is 35.5 Å². The van der Waals surface area contributed by atoms with E-state index in [-0.39, 0.29) is 11.8 Å². The van der Waals surface area contributed by atoms with Crippen LogP contribution in [-0.2, 0) is 0 Å². The van der Waals surface area contributed by atoms with Crippen molar-refractivity contribution in [1.82, 2.24) is 10.2 Å². The Kier molecular flexibility index (Phi) is 6.19. The second-order valence-electron chi connectivity index (χ2n) is 7.40. The first-order valence-electron chi connectivity index (χ1n) is 10.3. The van der Waals surface area contributed by atoms with Crippen LogP contribution < -0.4 is 28.4 Å². The first-order chi connectivity index (χ1) is 16.5. The molecule has 4 rings (SSSR count). The highest BCUT2D eigenvalue weighted by Gasteiger charge is 2.41. The minimum absolute atomic E-state index is 0.183. The normalized spacial score (nSPS) is 16.6. The van der Waals surface area contributed by atoms with Gasteiger partial charge >= 0.3 is 0 Å². The lowest BCUT2D eigenvalue weighted by Gasteiger charge is -2.28. The third kappa shape index (κ3) is 3.61. The summed E-state index contributed by atoms with van der Waals surface area (Å²) in [4.78, 5) is 0. The van der Waals surface area contributed by atoms with E-state index in [1.165, 1.54) is 21.3 Å². The lowest BCUT2D eigenvalue weighted by atomic mass is 9.78. The number of ether oxygens (including phenoxy) is 6. The predicted octanol–water partition coefficient (Wildman–Crippen LogP) is 3.76. The predicted molar refractivity (Wildman–Crippen MR) is 123 cm³/mol. The number of nitrogens with zero attached hydrogens (tertiary/aromatic N) is 2. The lowest BCUT2D eigenvalue weighted by Crippen LogP contribution is -2.30. The fraction of sp³-hybridized carbons (Fsp3) is 0.292. The minimum Gasteiger partial charge on any atom is -0.493 e. The summed E-state index contributed by atoms with van der Waals surface area (Å²) in [6.45, 7) is 0. The first-order valence-corrected chi connectivity index (χ1v) is 10.3. The molecule has 2 N–H and O–H groups in total. The molecule has 3 aromatic rings. The van der Waals surface area contributed by atoms with Gasteiger partial charge in [-0.15, -0.1) is 5.10 Å². The summed E-state index contributed by atoms with van der Waals surface area (Å²) < 4.78 is 32.9. The van der Waals surface area contributed by atoms with Crippen molar-refractivity contribution < 1.29 is 28.4 Å². The van der Waals surface area contributed by atoms with Crippen LogP contribution in [0, 0.1) is 22.7 Å². The van der Waals surface area contributed by atoms with E-state index in [1.54, 1.807) is 38.5 Å². The molecule has 0 radical (unpaired) electrons. The molecule has 1 aliphatic rings. The highest BCUT2D eigenvalue weighted by Crippen LogP contribution is 2.49. The summed E-state index contributed by atoms with van der Waals surface area (Å²) in [5, 5.41) is 25.6. The Hall–Kier alpha value is -4.39. The Balaban J connectivity index is 1.95. The van der Waals surface area contributed by atoms with Crippen LogP contribution in [0.5, 0.6) is 34.6 Å². The van der Waals surface area contributed by atoms with Gasteiger partial charge in [0.15, 0.2) is 23.0 Å². The highest BCUT2D eigenvalue weighted by atomic mass is 16.5. The molecule has 2 unspecified atom stereocenters. The molecule has 0 fully saturated rings. The molecule has 0 saturated carbocycles. The van der Waals surface area contributed by atoms with Crippen LogP contribution in [-0.4, -0.2) is 51.6 Å². The van der Waals surface area contributed by atoms with Crippen molar-refractivity contribution >= 4 is 5.90 Å². The zero-order chi connectivity index (χ0) is 24.4. The topological polar surface area (TPSA) is 132 Å². The number of aromatic nitrogens is 2. The van der Waals surface area contributed by atoms with Gasteiger partial charge in [-0.05, 0) is 29.8 Å². The Morgan fingerprint density at radius 1 is 0.912 bits per heavy atom. The number of H-pyrrole nitrogens is 1. The van der Waals surface area contributed by atoms with Crippen molar-refractivity contribution in [3.05, 3.63) is 41.5 Å². The molecule has 176 valence electrons. The van der Waals surface area contributed by atoms with E-state index in [1.807, 2.05) is 6.07 Å². The summed E-state index contributed by atoms with van der Waals surface area (Å²) >= 11 is 0. The van der Waals surface area contributed by atoms with Gasteiger partial charge < -0.3 is 28.4 Å². The molecule has 10 nitrogen and oxygen atoms in total. The zero-order valence-corrected chi connectivity index (χ0v) is 19.4. The summed E-state index contributed by atoms with van der Waals surface area (Å²) in [6, 6.07) is 11.2. The second kappa shape index (κ2) is 9.23. The fourth-order valence-corrected chi connectivity index (χ4v) is 4.17. The number of rotatable bonds is 7. The van der Waals surface area contributed by atoms with Crippen molar-refractivity contribution in [1.29, 1.82) is 10.7 Å². The van der Waals surface area contributed by atoms with Crippen LogP contribution in [0.25, 0.3) is 11.3 Å². The van der Waals surface area contributed by atoms with Crippen LogP contribution >= 0.6 is 0 Å². The Morgan fingerprint density at radius 3 is 2.12 bits per heavy atom. The van der Waals surface area contributed by atoms with Crippen LogP contribution in [0.3, 0.4) is 0 Å². The van der Waals surface area contributed by atoms with Gasteiger partial charge in [0.1, 0.15) is 5.92 Å². The van der Waals surface area contributed by atoms with Gasteiger partial charge in [0.05, 0.1) is 52.9 Å². The standard InChI is InChI=1S/C24H24N4O6/c1-29-15-7-6-12(8-16(15)30-2)19-14(11-25)23(26)34-24-20(19)21(27-28-24)13-9-17(31-3)22(33-5)18(10-13)32-4/h6-10,14,19,26H,1-5H3,(H,27,28). The third-order valence-electron chi connectivity index (χ3n) is 5.76. The maximum atomic E-state index is 9.96. The smallest absolute Gasteiger partial charge is 0.244 e. The number of aromatic amines is 1. The van der Waals surface area contributed by atoms with E-state index in [2.05, 4.69) is 16.3 Å². The van der Waals surface area contributed by atoms with Gasteiger partial charge in [-0.2, -0.15) is 5.26 Å². The van der Waals surface area contributed by atoms with E-state index in [0.717, 1.165) is 5.56 Å². The number of methoxy groups -OCH3 is 5. The van der Waals surface area contributed by atoms with E-state index < -0.39 is 11.8 Å². The van der Waals surface area contributed by atoms with Crippen molar-refractivity contribution in [2.45, 2.75) is 5.92 Å². The van der Waals surface area contributed by atoms with Gasteiger partial charge in [-0.3, -0.25) is 10.5 Å². The molecule has 0 spiro atoms. The van der Waals surface area contributed by atoms with Crippen molar-refractivity contribution in [3.63, 3.8) is 0 Å². The maximum absolute atomic E-state index is 9.96. The molecule has 10 heteroatoms. The van der Waals surface area contributed by atoms with Gasteiger partial charge in [0, 0.05) is 11.5 Å². The highest BCUT2D eigenvalue weighted by molar-refractivity contribution is 5.87. The van der Waals surface area contributed by atoms with Crippen LogP contribution in [0.1, 0.15) is 17.0 Å². The molecule has 0 amide bonds. The van der Waals surface area contributed by atoms with E-state index in [9.17, 15) is 5.26 Å². The Labute approximate surface area is 196 Å². The van der Waals surface area contributed by atoms with Crippen molar-refractivity contribution in [2.24, 2.45) is 5.92 Å². The van der Waals surface area contributed by atoms with Gasteiger partial charge in [0.25, 0.3) is 0 Å². The molecule has 2 heterocycles. The summed E-state index contributed by atoms with van der Waals surface area (Å²) in [7, 11) is 7.69.